The quantitative estimate of drug-likeness (QED) is 0.325. The highest BCUT2D eigenvalue weighted by Gasteiger charge is 2.32. The van der Waals surface area contributed by atoms with Crippen LogP contribution in [0.25, 0.3) is 6.08 Å². The van der Waals surface area contributed by atoms with Gasteiger partial charge < -0.3 is 19.1 Å². The summed E-state index contributed by atoms with van der Waals surface area (Å²) in [6.45, 7) is 6.35. The molecule has 2 aromatic rings. The molecule has 0 aliphatic carbocycles. The van der Waals surface area contributed by atoms with E-state index in [0.717, 1.165) is 4.47 Å². The summed E-state index contributed by atoms with van der Waals surface area (Å²) >= 11 is 4.72. The smallest absolute Gasteiger partial charge is 0.338 e. The molecule has 38 heavy (non-hydrogen) atoms. The molecule has 0 spiro atoms. The number of morpholine rings is 1. The number of carbonyl (C=O) groups excluding carboxylic acids is 3. The number of carbonyl (C=O) groups is 3. The summed E-state index contributed by atoms with van der Waals surface area (Å²) in [7, 11) is 0. The van der Waals surface area contributed by atoms with Crippen LogP contribution in [0.4, 0.5) is 5.69 Å². The maximum absolute atomic E-state index is 13.2. The van der Waals surface area contributed by atoms with Crippen molar-refractivity contribution >= 4 is 62.4 Å². The van der Waals surface area contributed by atoms with Crippen LogP contribution in [-0.2, 0) is 19.1 Å². The summed E-state index contributed by atoms with van der Waals surface area (Å²) in [6, 6.07) is 12.2. The topological polar surface area (TPSA) is 97.7 Å². The molecule has 2 fully saturated rings. The van der Waals surface area contributed by atoms with Gasteiger partial charge in [0.1, 0.15) is 5.75 Å². The molecule has 2 aromatic carbocycles. The second-order valence-electron chi connectivity index (χ2n) is 8.29. The Morgan fingerprint density at radius 3 is 2.68 bits per heavy atom. The van der Waals surface area contributed by atoms with E-state index in [1.54, 1.807) is 53.1 Å². The van der Waals surface area contributed by atoms with Gasteiger partial charge in [0.25, 0.3) is 11.8 Å². The monoisotopic (exact) mass is 601 g/mol. The molecule has 0 bridgehead atoms. The molecular formula is C27H28BrN3O6S. The Kier molecular flexibility index (Phi) is 9.59. The van der Waals surface area contributed by atoms with Crippen LogP contribution in [0.2, 0.25) is 0 Å². The molecule has 0 unspecified atom stereocenters. The van der Waals surface area contributed by atoms with Gasteiger partial charge in [0.2, 0.25) is 0 Å². The fourth-order valence-electron chi connectivity index (χ4n) is 3.85. The normalized spacial score (nSPS) is 17.8. The van der Waals surface area contributed by atoms with Crippen molar-refractivity contribution < 1.29 is 28.6 Å². The number of rotatable bonds is 8. The predicted molar refractivity (Wildman–Crippen MR) is 149 cm³/mol. The van der Waals surface area contributed by atoms with Crippen molar-refractivity contribution in [1.82, 2.24) is 9.80 Å². The first-order valence-electron chi connectivity index (χ1n) is 12.2. The lowest BCUT2D eigenvalue weighted by Crippen LogP contribution is -2.43. The molecule has 2 amide bonds. The number of halogens is 1. The van der Waals surface area contributed by atoms with Gasteiger partial charge >= 0.3 is 5.97 Å². The number of esters is 1. The molecule has 0 aromatic heterocycles. The number of amides is 2. The second kappa shape index (κ2) is 13.1. The van der Waals surface area contributed by atoms with Crippen molar-refractivity contribution in [2.75, 3.05) is 46.1 Å². The highest BCUT2D eigenvalue weighted by atomic mass is 79.9. The minimum Gasteiger partial charge on any atom is -0.483 e. The average molecular weight is 603 g/mol. The van der Waals surface area contributed by atoms with Crippen molar-refractivity contribution in [3.63, 3.8) is 0 Å². The van der Waals surface area contributed by atoms with Gasteiger partial charge in [0.05, 0.1) is 36.0 Å². The van der Waals surface area contributed by atoms with E-state index < -0.39 is 5.97 Å². The van der Waals surface area contributed by atoms with Crippen molar-refractivity contribution in [3.8, 4) is 5.75 Å². The van der Waals surface area contributed by atoms with E-state index in [2.05, 4.69) is 20.9 Å². The third kappa shape index (κ3) is 6.83. The first kappa shape index (κ1) is 27.9. The van der Waals surface area contributed by atoms with Gasteiger partial charge in [-0.2, -0.15) is 0 Å². The van der Waals surface area contributed by atoms with Gasteiger partial charge in [0.15, 0.2) is 11.8 Å². The number of likely N-dealkylation sites (N-methyl/N-ethyl adjacent to an activating group) is 1. The van der Waals surface area contributed by atoms with Crippen LogP contribution in [0.3, 0.4) is 0 Å². The van der Waals surface area contributed by atoms with Crippen molar-refractivity contribution in [2.24, 2.45) is 4.99 Å². The fourth-order valence-corrected chi connectivity index (χ4v) is 5.28. The zero-order valence-electron chi connectivity index (χ0n) is 21.1. The number of thioether (sulfide) groups is 1. The zero-order valence-corrected chi connectivity index (χ0v) is 23.5. The molecule has 2 aliphatic heterocycles. The van der Waals surface area contributed by atoms with E-state index in [1.807, 2.05) is 19.1 Å². The Labute approximate surface area is 233 Å². The summed E-state index contributed by atoms with van der Waals surface area (Å²) in [5.41, 5.74) is 1.59. The molecule has 0 N–H and O–H groups in total. The van der Waals surface area contributed by atoms with Crippen LogP contribution in [0.15, 0.2) is 56.8 Å². The van der Waals surface area contributed by atoms with Crippen molar-refractivity contribution in [1.29, 1.82) is 0 Å². The Hall–Kier alpha value is -3.15. The summed E-state index contributed by atoms with van der Waals surface area (Å²) in [4.78, 5) is 46.3. The van der Waals surface area contributed by atoms with Crippen molar-refractivity contribution in [3.05, 3.63) is 63.0 Å². The third-order valence-corrected chi connectivity index (χ3v) is 7.26. The first-order valence-corrected chi connectivity index (χ1v) is 13.9. The third-order valence-electron chi connectivity index (χ3n) is 5.76. The molecule has 0 radical (unpaired) electrons. The predicted octanol–water partition coefficient (Wildman–Crippen LogP) is 4.49. The van der Waals surface area contributed by atoms with E-state index in [4.69, 9.17) is 14.2 Å². The molecule has 2 aliphatic rings. The van der Waals surface area contributed by atoms with Crippen LogP contribution < -0.4 is 4.74 Å². The van der Waals surface area contributed by atoms with Gasteiger partial charge in [0, 0.05) is 29.7 Å². The molecule has 4 rings (SSSR count). The summed E-state index contributed by atoms with van der Waals surface area (Å²) in [5, 5.41) is 0.504. The van der Waals surface area contributed by atoms with Crippen LogP contribution in [0.1, 0.15) is 29.8 Å². The largest absolute Gasteiger partial charge is 0.483 e. The number of benzene rings is 2. The summed E-state index contributed by atoms with van der Waals surface area (Å²) in [6.07, 6.45) is 1.74. The van der Waals surface area contributed by atoms with Crippen LogP contribution in [0, 0.1) is 0 Å². The Balaban J connectivity index is 1.56. The van der Waals surface area contributed by atoms with E-state index in [-0.39, 0.29) is 25.0 Å². The van der Waals surface area contributed by atoms with Crippen LogP contribution in [0.5, 0.6) is 5.75 Å². The van der Waals surface area contributed by atoms with Gasteiger partial charge in [-0.15, -0.1) is 0 Å². The minimum absolute atomic E-state index is 0.108. The molecule has 9 nitrogen and oxygen atoms in total. The first-order chi connectivity index (χ1) is 18.4. The SMILES string of the molecule is CCOC(=O)c1cccc(N=C2SC(=Cc3cc(Br)ccc3OCC(=O)N3CCOCC3)C(=O)N2CC)c1. The lowest BCUT2D eigenvalue weighted by Gasteiger charge is -2.26. The highest BCUT2D eigenvalue weighted by Crippen LogP contribution is 2.36. The summed E-state index contributed by atoms with van der Waals surface area (Å²) in [5.74, 6) is -0.232. The van der Waals surface area contributed by atoms with E-state index >= 15 is 0 Å². The fraction of sp³-hybridized carbons (Fsp3) is 0.333. The highest BCUT2D eigenvalue weighted by molar-refractivity contribution is 9.10. The number of nitrogens with zero attached hydrogens (tertiary/aromatic N) is 3. The van der Waals surface area contributed by atoms with Crippen LogP contribution >= 0.6 is 27.7 Å². The molecule has 2 saturated heterocycles. The van der Waals surface area contributed by atoms with Gasteiger partial charge in [-0.1, -0.05) is 22.0 Å². The second-order valence-corrected chi connectivity index (χ2v) is 10.2. The van der Waals surface area contributed by atoms with E-state index in [0.29, 0.717) is 65.5 Å². The lowest BCUT2D eigenvalue weighted by molar-refractivity contribution is -0.137. The minimum atomic E-state index is -0.424. The molecule has 0 saturated carbocycles. The number of hydrogen-bond donors (Lipinski definition) is 0. The molecular weight excluding hydrogens is 574 g/mol. The maximum Gasteiger partial charge on any atom is 0.338 e. The summed E-state index contributed by atoms with van der Waals surface area (Å²) < 4.78 is 17.1. The standard InChI is InChI=1S/C27H28BrN3O6S/c1-3-31-25(33)23(38-27(31)29-21-7-5-6-18(15-21)26(34)36-4-2)16-19-14-20(28)8-9-22(19)37-17-24(32)30-10-12-35-13-11-30/h5-9,14-16H,3-4,10-13,17H2,1-2H3. The van der Waals surface area contributed by atoms with Gasteiger partial charge in [-0.3, -0.25) is 14.5 Å². The maximum atomic E-state index is 13.2. The number of amidine groups is 1. The Morgan fingerprint density at radius 2 is 1.95 bits per heavy atom. The van der Waals surface area contributed by atoms with E-state index in [1.165, 1.54) is 11.8 Å². The lowest BCUT2D eigenvalue weighted by atomic mass is 10.2. The Morgan fingerprint density at radius 1 is 1.16 bits per heavy atom. The number of ether oxygens (including phenoxy) is 3. The number of hydrogen-bond acceptors (Lipinski definition) is 8. The Bertz CT molecular complexity index is 1280. The molecule has 2 heterocycles. The van der Waals surface area contributed by atoms with Crippen LogP contribution in [-0.4, -0.2) is 78.8 Å². The van der Waals surface area contributed by atoms with Gasteiger partial charge in [-0.05, 0) is 68.1 Å². The van der Waals surface area contributed by atoms with Crippen molar-refractivity contribution in [2.45, 2.75) is 13.8 Å². The molecule has 200 valence electrons. The number of aliphatic imine (C=N–C) groups is 1. The average Bonchev–Trinajstić information content (AvgIpc) is 3.22. The molecule has 11 heteroatoms. The molecule has 0 atom stereocenters. The zero-order chi connectivity index (χ0) is 27.1. The van der Waals surface area contributed by atoms with Gasteiger partial charge in [-0.25, -0.2) is 9.79 Å². The van der Waals surface area contributed by atoms with E-state index in [9.17, 15) is 14.4 Å².